The number of amides is 2. The molecule has 174 valence electrons. The van der Waals surface area contributed by atoms with Gasteiger partial charge in [0.1, 0.15) is 0 Å². The lowest BCUT2D eigenvalue weighted by Gasteiger charge is -2.36. The summed E-state index contributed by atoms with van der Waals surface area (Å²) in [6.07, 6.45) is 0.984. The van der Waals surface area contributed by atoms with E-state index in [9.17, 15) is 4.79 Å². The van der Waals surface area contributed by atoms with Gasteiger partial charge in [-0.2, -0.15) is 0 Å². The van der Waals surface area contributed by atoms with Crippen LogP contribution in [0.5, 0.6) is 0 Å². The minimum Gasteiger partial charge on any atom is -0.368 e. The van der Waals surface area contributed by atoms with E-state index in [1.807, 2.05) is 26.8 Å². The quantitative estimate of drug-likeness (QED) is 0.583. The largest absolute Gasteiger partial charge is 0.368 e. The lowest BCUT2D eigenvalue weighted by molar-refractivity contribution is 0.247. The molecule has 0 bridgehead atoms. The van der Waals surface area contributed by atoms with Crippen LogP contribution in [0.25, 0.3) is 10.9 Å². The summed E-state index contributed by atoms with van der Waals surface area (Å²) in [6, 6.07) is 19.1. The van der Waals surface area contributed by atoms with Crippen molar-refractivity contribution in [2.75, 3.05) is 55.6 Å². The van der Waals surface area contributed by atoms with Crippen molar-refractivity contribution < 1.29 is 4.79 Å². The van der Waals surface area contributed by atoms with E-state index < -0.39 is 0 Å². The second kappa shape index (κ2) is 10.7. The second-order valence-electron chi connectivity index (χ2n) is 8.62. The Morgan fingerprint density at radius 3 is 2.58 bits per heavy atom. The molecule has 0 unspecified atom stereocenters. The number of pyridine rings is 1. The van der Waals surface area contributed by atoms with Gasteiger partial charge in [-0.1, -0.05) is 18.2 Å². The van der Waals surface area contributed by atoms with Crippen LogP contribution in [-0.4, -0.2) is 61.7 Å². The van der Waals surface area contributed by atoms with Gasteiger partial charge in [0.25, 0.3) is 0 Å². The number of nitrogens with zero attached hydrogens (tertiary/aromatic N) is 4. The first-order chi connectivity index (χ1) is 16.1. The Labute approximate surface area is 197 Å². The van der Waals surface area contributed by atoms with Crippen molar-refractivity contribution in [1.82, 2.24) is 15.2 Å². The molecule has 2 heterocycles. The molecule has 6 heteroatoms. The van der Waals surface area contributed by atoms with Crippen LogP contribution < -0.4 is 15.1 Å². The third-order valence-electron chi connectivity index (χ3n) is 6.39. The molecule has 0 aliphatic carbocycles. The molecule has 1 fully saturated rings. The van der Waals surface area contributed by atoms with Gasteiger partial charge in [-0.15, -0.1) is 0 Å². The molecule has 1 aromatic heterocycles. The van der Waals surface area contributed by atoms with Crippen LogP contribution in [0.15, 0.2) is 54.6 Å². The number of anilines is 2. The van der Waals surface area contributed by atoms with Crippen LogP contribution >= 0.6 is 0 Å². The van der Waals surface area contributed by atoms with Gasteiger partial charge in [0.15, 0.2) is 0 Å². The molecule has 2 amide bonds. The SMILES string of the molecule is CCNC(=O)N(CC)c1cccc(CCN2CCN(c3cccc4nc(C)ccc34)CC2)c1. The number of aromatic nitrogens is 1. The van der Waals surface area contributed by atoms with Crippen molar-refractivity contribution in [3.05, 3.63) is 65.9 Å². The Bertz CT molecular complexity index is 1090. The number of piperazine rings is 1. The minimum absolute atomic E-state index is 0.0351. The van der Waals surface area contributed by atoms with Gasteiger partial charge in [-0.3, -0.25) is 14.8 Å². The lowest BCUT2D eigenvalue weighted by atomic mass is 10.1. The van der Waals surface area contributed by atoms with Gasteiger partial charge in [0.2, 0.25) is 0 Å². The highest BCUT2D eigenvalue weighted by atomic mass is 16.2. The maximum Gasteiger partial charge on any atom is 0.321 e. The van der Waals surface area contributed by atoms with Gasteiger partial charge >= 0.3 is 6.03 Å². The number of rotatable bonds is 7. The molecule has 1 saturated heterocycles. The highest BCUT2D eigenvalue weighted by Crippen LogP contribution is 2.27. The van der Waals surface area contributed by atoms with E-state index in [0.29, 0.717) is 13.1 Å². The number of carbonyl (C=O) groups is 1. The number of urea groups is 1. The predicted molar refractivity (Wildman–Crippen MR) is 137 cm³/mol. The lowest BCUT2D eigenvalue weighted by Crippen LogP contribution is -2.47. The third kappa shape index (κ3) is 5.45. The molecular weight excluding hydrogens is 410 g/mol. The fourth-order valence-corrected chi connectivity index (χ4v) is 4.59. The molecule has 0 spiro atoms. The average Bonchev–Trinajstić information content (AvgIpc) is 2.83. The Morgan fingerprint density at radius 1 is 1.03 bits per heavy atom. The maximum absolute atomic E-state index is 12.3. The molecule has 6 nitrogen and oxygen atoms in total. The molecule has 4 rings (SSSR count). The summed E-state index contributed by atoms with van der Waals surface area (Å²) < 4.78 is 0. The number of aryl methyl sites for hydroxylation is 1. The van der Waals surface area contributed by atoms with Crippen molar-refractivity contribution >= 4 is 28.3 Å². The summed E-state index contributed by atoms with van der Waals surface area (Å²) in [5.41, 5.74) is 5.65. The third-order valence-corrected chi connectivity index (χ3v) is 6.39. The van der Waals surface area contributed by atoms with Crippen LogP contribution in [-0.2, 0) is 6.42 Å². The summed E-state index contributed by atoms with van der Waals surface area (Å²) in [4.78, 5) is 23.9. The monoisotopic (exact) mass is 445 g/mol. The van der Waals surface area contributed by atoms with Crippen LogP contribution in [0.3, 0.4) is 0 Å². The standard InChI is InChI=1S/C27H35N5O/c1-4-28-27(33)32(5-2)23-9-6-8-22(20-23)14-15-30-16-18-31(19-17-30)26-11-7-10-25-24(26)13-12-21(3)29-25/h6-13,20H,4-5,14-19H2,1-3H3,(H,28,33). The van der Waals surface area contributed by atoms with Crippen LogP contribution in [0.2, 0.25) is 0 Å². The number of fused-ring (bicyclic) bond motifs is 1. The topological polar surface area (TPSA) is 51.7 Å². The molecule has 1 aliphatic heterocycles. The first-order valence-electron chi connectivity index (χ1n) is 12.1. The summed E-state index contributed by atoms with van der Waals surface area (Å²) in [7, 11) is 0. The van der Waals surface area contributed by atoms with Crippen molar-refractivity contribution in [3.8, 4) is 0 Å². The molecule has 3 aromatic rings. The van der Waals surface area contributed by atoms with E-state index in [4.69, 9.17) is 4.98 Å². The minimum atomic E-state index is -0.0351. The van der Waals surface area contributed by atoms with E-state index in [1.165, 1.54) is 16.6 Å². The fraction of sp³-hybridized carbons (Fsp3) is 0.407. The molecule has 1 N–H and O–H groups in total. The van der Waals surface area contributed by atoms with Crippen LogP contribution in [0, 0.1) is 6.92 Å². The second-order valence-corrected chi connectivity index (χ2v) is 8.62. The van der Waals surface area contributed by atoms with Gasteiger partial charge < -0.3 is 10.2 Å². The fourth-order valence-electron chi connectivity index (χ4n) is 4.59. The molecular formula is C27H35N5O. The zero-order valence-electron chi connectivity index (χ0n) is 20.1. The molecule has 1 aliphatic rings. The number of benzene rings is 2. The molecule has 33 heavy (non-hydrogen) atoms. The Kier molecular flexibility index (Phi) is 7.45. The number of nitrogens with one attached hydrogen (secondary N) is 1. The number of carbonyl (C=O) groups excluding carboxylic acids is 1. The first kappa shape index (κ1) is 23.1. The van der Waals surface area contributed by atoms with Crippen LogP contribution in [0.1, 0.15) is 25.1 Å². The van der Waals surface area contributed by atoms with E-state index >= 15 is 0 Å². The van der Waals surface area contributed by atoms with Gasteiger partial charge in [-0.25, -0.2) is 4.79 Å². The number of hydrogen-bond acceptors (Lipinski definition) is 4. The first-order valence-corrected chi connectivity index (χ1v) is 12.1. The smallest absolute Gasteiger partial charge is 0.321 e. The highest BCUT2D eigenvalue weighted by Gasteiger charge is 2.19. The van der Waals surface area contributed by atoms with Gasteiger partial charge in [0, 0.05) is 68.3 Å². The molecule has 0 saturated carbocycles. The van der Waals surface area contributed by atoms with Crippen molar-refractivity contribution in [1.29, 1.82) is 0 Å². The molecule has 0 radical (unpaired) electrons. The number of hydrogen-bond donors (Lipinski definition) is 1. The predicted octanol–water partition coefficient (Wildman–Crippen LogP) is 4.46. The zero-order valence-corrected chi connectivity index (χ0v) is 20.1. The molecule has 2 aromatic carbocycles. The van der Waals surface area contributed by atoms with Crippen molar-refractivity contribution in [2.24, 2.45) is 0 Å². The maximum atomic E-state index is 12.3. The summed E-state index contributed by atoms with van der Waals surface area (Å²) in [5.74, 6) is 0. The summed E-state index contributed by atoms with van der Waals surface area (Å²) in [5, 5.41) is 4.14. The Morgan fingerprint density at radius 2 is 1.82 bits per heavy atom. The van der Waals surface area contributed by atoms with Gasteiger partial charge in [-0.05, 0) is 69.2 Å². The highest BCUT2D eigenvalue weighted by molar-refractivity contribution is 5.92. The normalized spacial score (nSPS) is 14.5. The van der Waals surface area contributed by atoms with E-state index in [1.54, 1.807) is 4.90 Å². The Balaban J connectivity index is 1.35. The van der Waals surface area contributed by atoms with Gasteiger partial charge in [0.05, 0.1) is 5.52 Å². The zero-order chi connectivity index (χ0) is 23.2. The summed E-state index contributed by atoms with van der Waals surface area (Å²) in [6.45, 7) is 12.5. The van der Waals surface area contributed by atoms with Crippen molar-refractivity contribution in [2.45, 2.75) is 27.2 Å². The van der Waals surface area contributed by atoms with Crippen LogP contribution in [0.4, 0.5) is 16.2 Å². The van der Waals surface area contributed by atoms with Crippen molar-refractivity contribution in [3.63, 3.8) is 0 Å². The van der Waals surface area contributed by atoms with E-state index in [2.05, 4.69) is 63.6 Å². The van der Waals surface area contributed by atoms with E-state index in [0.717, 1.165) is 56.0 Å². The average molecular weight is 446 g/mol. The van der Waals surface area contributed by atoms with E-state index in [-0.39, 0.29) is 6.03 Å². The molecule has 0 atom stereocenters. The Hall–Kier alpha value is -3.12. The summed E-state index contributed by atoms with van der Waals surface area (Å²) >= 11 is 0.